The van der Waals surface area contributed by atoms with Crippen molar-refractivity contribution in [3.63, 3.8) is 0 Å². The molecule has 1 saturated heterocycles. The molecule has 8 heterocycles. The maximum atomic E-state index is 8.06. The molecular weight excluding hydrogens is 1240 g/mol. The molecular formula is C79H77Cl2N16+. The van der Waals surface area contributed by atoms with Crippen LogP contribution in [0.15, 0.2) is 272 Å². The van der Waals surface area contributed by atoms with Crippen molar-refractivity contribution < 1.29 is 4.58 Å². The molecule has 16 rings (SSSR count). The number of aryl methyl sites for hydroxylation is 4. The summed E-state index contributed by atoms with van der Waals surface area (Å²) >= 11 is 12.3. The Morgan fingerprint density at radius 2 is 1.02 bits per heavy atom. The van der Waals surface area contributed by atoms with Gasteiger partial charge >= 0.3 is 0 Å². The Labute approximate surface area is 575 Å². The first-order valence-electron chi connectivity index (χ1n) is 32.6. The van der Waals surface area contributed by atoms with E-state index in [-0.39, 0.29) is 23.3 Å². The summed E-state index contributed by atoms with van der Waals surface area (Å²) in [4.78, 5) is 20.5. The molecule has 2 atom stereocenters. The highest BCUT2D eigenvalue weighted by Crippen LogP contribution is 2.29. The third-order valence-electron chi connectivity index (χ3n) is 17.3. The molecule has 12 aromatic rings. The van der Waals surface area contributed by atoms with Gasteiger partial charge in [0.2, 0.25) is 17.5 Å². The van der Waals surface area contributed by atoms with Gasteiger partial charge in [-0.3, -0.25) is 30.3 Å². The van der Waals surface area contributed by atoms with Crippen LogP contribution in [0.1, 0.15) is 44.5 Å². The molecule has 4 aliphatic rings. The molecule has 16 nitrogen and oxygen atoms in total. The van der Waals surface area contributed by atoms with Crippen molar-refractivity contribution in [3.8, 4) is 22.5 Å². The number of hydrogen-bond acceptors (Lipinski definition) is 11. The molecule has 0 radical (unpaired) electrons. The molecule has 4 aromatic heterocycles. The first-order valence-corrected chi connectivity index (χ1v) is 33.3. The number of nitrogens with zero attached hydrogens (tertiary/aromatic N) is 11. The fourth-order valence-corrected chi connectivity index (χ4v) is 13.4. The third kappa shape index (κ3) is 15.8. The molecule has 0 saturated carbocycles. The predicted octanol–water partition coefficient (Wildman–Crippen LogP) is 13.1. The zero-order chi connectivity index (χ0) is 66.8. The Morgan fingerprint density at radius 1 is 0.515 bits per heavy atom. The molecule has 486 valence electrons. The van der Waals surface area contributed by atoms with Crippen LogP contribution in [0.25, 0.3) is 45.5 Å². The molecule has 0 amide bonds. The van der Waals surface area contributed by atoms with Gasteiger partial charge in [0.15, 0.2) is 17.1 Å². The van der Waals surface area contributed by atoms with E-state index >= 15 is 0 Å². The van der Waals surface area contributed by atoms with E-state index in [2.05, 4.69) is 171 Å². The van der Waals surface area contributed by atoms with Gasteiger partial charge in [0.25, 0.3) is 5.84 Å². The number of hydrogen-bond donors (Lipinski definition) is 5. The summed E-state index contributed by atoms with van der Waals surface area (Å²) in [5.74, 6) is 3.68. The lowest BCUT2D eigenvalue weighted by atomic mass is 10.1. The number of rotatable bonds is 13. The van der Waals surface area contributed by atoms with E-state index < -0.39 is 0 Å². The van der Waals surface area contributed by atoms with Crippen LogP contribution >= 0.6 is 23.2 Å². The molecule has 18 heteroatoms. The second kappa shape index (κ2) is 29.9. The number of fused-ring (bicyclic) bond motifs is 3. The summed E-state index contributed by atoms with van der Waals surface area (Å²) < 4.78 is 10.5. The Bertz CT molecular complexity index is 4930. The molecule has 8 aromatic carbocycles. The van der Waals surface area contributed by atoms with E-state index in [4.69, 9.17) is 50.5 Å². The minimum absolute atomic E-state index is 0.0873. The molecule has 7 N–H and O–H groups in total. The monoisotopic (exact) mass is 1320 g/mol. The molecule has 0 spiro atoms. The van der Waals surface area contributed by atoms with Gasteiger partial charge in [-0.2, -0.15) is 9.97 Å². The molecule has 0 aliphatic carbocycles. The van der Waals surface area contributed by atoms with Crippen LogP contribution in [0.2, 0.25) is 10.0 Å². The minimum Gasteiger partial charge on any atom is -0.336 e. The van der Waals surface area contributed by atoms with Gasteiger partial charge < -0.3 is 24.7 Å². The normalized spacial score (nSPS) is 15.6. The average Bonchev–Trinajstić information content (AvgIpc) is 1.72. The van der Waals surface area contributed by atoms with Gasteiger partial charge in [-0.05, 0) is 77.9 Å². The van der Waals surface area contributed by atoms with Crippen LogP contribution in [0, 0.1) is 24.7 Å². The number of guanidine groups is 1. The van der Waals surface area contributed by atoms with Crippen LogP contribution in [-0.4, -0.2) is 97.6 Å². The first kappa shape index (κ1) is 65.0. The summed E-state index contributed by atoms with van der Waals surface area (Å²) in [5, 5.41) is 21.0. The maximum Gasteiger partial charge on any atom is 0.266 e. The van der Waals surface area contributed by atoms with Crippen molar-refractivity contribution in [1.82, 2.24) is 47.9 Å². The van der Waals surface area contributed by atoms with Crippen LogP contribution in [0.4, 0.5) is 0 Å². The third-order valence-corrected chi connectivity index (χ3v) is 17.7. The topological polar surface area (TPSA) is 181 Å². The zero-order valence-electron chi connectivity index (χ0n) is 54.3. The van der Waals surface area contributed by atoms with Crippen LogP contribution in [0.3, 0.4) is 0 Å². The van der Waals surface area contributed by atoms with Gasteiger partial charge in [0, 0.05) is 96.9 Å². The van der Waals surface area contributed by atoms with Gasteiger partial charge in [0.1, 0.15) is 25.1 Å². The Kier molecular flexibility index (Phi) is 20.0. The lowest BCUT2D eigenvalue weighted by Crippen LogP contribution is -2.46. The number of imidazole rings is 2. The summed E-state index contributed by atoms with van der Waals surface area (Å²) in [6, 6.07) is 77.4. The van der Waals surface area contributed by atoms with Gasteiger partial charge in [-0.15, -0.1) is 0 Å². The molecule has 0 bridgehead atoms. The number of nitrogens with two attached hydrogens (primary N) is 2. The van der Waals surface area contributed by atoms with E-state index in [0.29, 0.717) is 16.6 Å². The highest BCUT2D eigenvalue weighted by Gasteiger charge is 2.36. The average molecular weight is 1320 g/mol. The van der Waals surface area contributed by atoms with Crippen molar-refractivity contribution >= 4 is 57.9 Å². The fourth-order valence-electron chi connectivity index (χ4n) is 12.8. The van der Waals surface area contributed by atoms with Gasteiger partial charge in [-0.25, -0.2) is 14.9 Å². The van der Waals surface area contributed by atoms with E-state index in [1.165, 1.54) is 39.2 Å². The smallest absolute Gasteiger partial charge is 0.266 e. The van der Waals surface area contributed by atoms with Gasteiger partial charge in [0.05, 0.1) is 23.6 Å². The predicted molar refractivity (Wildman–Crippen MR) is 390 cm³/mol. The van der Waals surface area contributed by atoms with E-state index in [1.54, 1.807) is 12.1 Å². The van der Waals surface area contributed by atoms with E-state index in [0.717, 1.165) is 115 Å². The van der Waals surface area contributed by atoms with Crippen molar-refractivity contribution in [3.05, 3.63) is 333 Å². The van der Waals surface area contributed by atoms with Crippen LogP contribution < -0.4 is 27.8 Å². The second-order valence-corrected chi connectivity index (χ2v) is 25.5. The lowest BCUT2D eigenvalue weighted by Gasteiger charge is -2.30. The molecule has 2 unspecified atom stereocenters. The van der Waals surface area contributed by atoms with E-state index in [1.807, 2.05) is 151 Å². The van der Waals surface area contributed by atoms with Crippen molar-refractivity contribution in [2.75, 3.05) is 26.3 Å². The van der Waals surface area contributed by atoms with Crippen molar-refractivity contribution in [1.29, 1.82) is 10.8 Å². The molecule has 97 heavy (non-hydrogen) atoms. The summed E-state index contributed by atoms with van der Waals surface area (Å²) in [6.07, 6.45) is 12.9. The standard InChI is InChI=1S/C21H24N4.C20H18N4.C19H18Cl2N4.C19H16N4/c1-15-8-16(2)10-17(9-15)12-24-13-21-23-19(11-20(22)25(21)14-24)18-6-4-3-5-7-18;21-19-15-18(17-9-5-2-6-10-17)24-14-13-23(20(24)22-19)12-11-16-7-3-1-4-8-16;20-15-8-13(9-16(21)10-15)12-24-6-7-25-18(22)11-17(23-19(24)25)14-4-2-1-3-5-14;20-18-13-17(16-9-5-2-6-10-16)23-12-11-22(19(23)21-18)14-15-7-3-1-4-8-15/h3-11,20H,12-14,22H2,1-2H3;1-10,13-15,21H,11-12H2;1-5,8-11,18H,6-7,12,22H2;1-13,20H,14H2/p+1. The zero-order valence-corrected chi connectivity index (χ0v) is 55.8. The second-order valence-electron chi connectivity index (χ2n) is 24.6. The fraction of sp³-hybridized carbons (Fsp3) is 0.165. The SMILES string of the molecule is Cc1cc(C)cc(CN2CC3=[N+](C2)C(N)C=C(c2ccccc2)N3)c1.N=c1cc(-c2ccccc2)n2ccn(CCc3ccccc3)c2n1.N=c1cc(-c2ccccc2)n2ccn(Cc3ccccc3)c2n1.NC1C=C(c2ccccc2)N=C2N(Cc3cc(Cl)cc(Cl)c3)CCN21. The summed E-state index contributed by atoms with van der Waals surface area (Å²) in [5.41, 5.74) is 29.3. The highest BCUT2D eigenvalue weighted by molar-refractivity contribution is 6.34. The molecule has 4 aliphatic heterocycles. The quantitative estimate of drug-likeness (QED) is 0.0707. The van der Waals surface area contributed by atoms with Crippen LogP contribution in [-0.2, 0) is 32.6 Å². The summed E-state index contributed by atoms with van der Waals surface area (Å²) in [6.45, 7) is 11.0. The van der Waals surface area contributed by atoms with Gasteiger partial charge in [-0.1, -0.05) is 235 Å². The lowest BCUT2D eigenvalue weighted by molar-refractivity contribution is -0.563. The Balaban J connectivity index is 0.000000117. The number of benzene rings is 8. The van der Waals surface area contributed by atoms with Crippen molar-refractivity contribution in [2.24, 2.45) is 16.5 Å². The highest BCUT2D eigenvalue weighted by atomic mass is 35.5. The first-order chi connectivity index (χ1) is 47.3. The van der Waals surface area contributed by atoms with Crippen LogP contribution in [0.5, 0.6) is 0 Å². The largest absolute Gasteiger partial charge is 0.336 e. The maximum absolute atomic E-state index is 8.06. The Morgan fingerprint density at radius 3 is 1.60 bits per heavy atom. The number of nitrogens with one attached hydrogen (secondary N) is 3. The van der Waals surface area contributed by atoms with Crippen molar-refractivity contribution in [2.45, 2.75) is 58.8 Å². The number of aromatic nitrogens is 6. The summed E-state index contributed by atoms with van der Waals surface area (Å²) in [7, 11) is 0. The number of aliphatic imine (C=N–C) groups is 1. The minimum atomic E-state index is -0.171. The Hall–Kier alpha value is -10.7. The number of halogens is 2. The number of amidine groups is 1. The molecule has 1 fully saturated rings. The van der Waals surface area contributed by atoms with E-state index in [9.17, 15) is 0 Å².